The first-order valence-corrected chi connectivity index (χ1v) is 6.49. The lowest BCUT2D eigenvalue weighted by atomic mass is 9.88. The van der Waals surface area contributed by atoms with Crippen LogP contribution in [0.1, 0.15) is 33.1 Å². The van der Waals surface area contributed by atoms with Gasteiger partial charge in [0.2, 0.25) is 0 Å². The van der Waals surface area contributed by atoms with Crippen LogP contribution in [0.25, 0.3) is 0 Å². The molecule has 0 bridgehead atoms. The standard InChI is InChI=1S/C13H21N3O3/c1-9(2)10(3-4-13(18)19)5-6-14-11-7-12(17)16-8-15-11/h7-10H,3-6H2,1-2H3,(H,18,19)(H2,14,15,16,17). The molecule has 0 fully saturated rings. The van der Waals surface area contributed by atoms with Crippen molar-refractivity contribution in [2.45, 2.75) is 33.1 Å². The summed E-state index contributed by atoms with van der Waals surface area (Å²) in [6, 6.07) is 1.40. The minimum atomic E-state index is -0.755. The molecular weight excluding hydrogens is 246 g/mol. The van der Waals surface area contributed by atoms with E-state index in [1.54, 1.807) is 0 Å². The van der Waals surface area contributed by atoms with Gasteiger partial charge in [-0.15, -0.1) is 0 Å². The van der Waals surface area contributed by atoms with Crippen molar-refractivity contribution in [1.29, 1.82) is 0 Å². The second kappa shape index (κ2) is 7.56. The number of hydrogen-bond donors (Lipinski definition) is 3. The molecule has 0 saturated heterocycles. The van der Waals surface area contributed by atoms with Crippen LogP contribution in [0, 0.1) is 11.8 Å². The Labute approximate surface area is 112 Å². The van der Waals surface area contributed by atoms with Crippen LogP contribution < -0.4 is 10.9 Å². The van der Waals surface area contributed by atoms with Gasteiger partial charge >= 0.3 is 5.97 Å². The van der Waals surface area contributed by atoms with Gasteiger partial charge in [-0.1, -0.05) is 13.8 Å². The SMILES string of the molecule is CC(C)C(CCNc1cc(=O)[nH]cn1)CCC(=O)O. The average molecular weight is 267 g/mol. The maximum atomic E-state index is 11.1. The van der Waals surface area contributed by atoms with Gasteiger partial charge in [0.25, 0.3) is 5.56 Å². The summed E-state index contributed by atoms with van der Waals surface area (Å²) in [6.07, 6.45) is 3.10. The second-order valence-electron chi connectivity index (χ2n) is 4.95. The summed E-state index contributed by atoms with van der Waals surface area (Å²) in [5.74, 6) is 0.582. The van der Waals surface area contributed by atoms with Gasteiger partial charge in [-0.2, -0.15) is 0 Å². The van der Waals surface area contributed by atoms with Gasteiger partial charge in [-0.25, -0.2) is 4.98 Å². The highest BCUT2D eigenvalue weighted by Crippen LogP contribution is 2.21. The minimum absolute atomic E-state index is 0.191. The fourth-order valence-corrected chi connectivity index (χ4v) is 1.97. The topological polar surface area (TPSA) is 95.1 Å². The number of carboxylic acid groups (broad SMARTS) is 1. The Morgan fingerprint density at radius 2 is 2.21 bits per heavy atom. The van der Waals surface area contributed by atoms with Crippen LogP contribution in [0.3, 0.4) is 0 Å². The third kappa shape index (κ3) is 6.03. The van der Waals surface area contributed by atoms with Gasteiger partial charge in [-0.3, -0.25) is 9.59 Å². The van der Waals surface area contributed by atoms with Crippen molar-refractivity contribution < 1.29 is 9.90 Å². The average Bonchev–Trinajstić information content (AvgIpc) is 2.32. The van der Waals surface area contributed by atoms with Gasteiger partial charge in [0.05, 0.1) is 6.33 Å². The van der Waals surface area contributed by atoms with E-state index in [0.29, 0.717) is 30.6 Å². The molecule has 6 nitrogen and oxygen atoms in total. The van der Waals surface area contributed by atoms with E-state index in [1.807, 2.05) is 0 Å². The molecule has 6 heteroatoms. The van der Waals surface area contributed by atoms with E-state index in [1.165, 1.54) is 12.4 Å². The number of H-pyrrole nitrogens is 1. The normalized spacial score (nSPS) is 12.4. The number of carbonyl (C=O) groups is 1. The molecule has 1 rings (SSSR count). The van der Waals surface area contributed by atoms with E-state index < -0.39 is 5.97 Å². The molecule has 0 amide bonds. The van der Waals surface area contributed by atoms with E-state index in [0.717, 1.165) is 6.42 Å². The largest absolute Gasteiger partial charge is 0.481 e. The van der Waals surface area contributed by atoms with Crippen LogP contribution >= 0.6 is 0 Å². The van der Waals surface area contributed by atoms with Crippen molar-refractivity contribution in [2.75, 3.05) is 11.9 Å². The lowest BCUT2D eigenvalue weighted by Gasteiger charge is -2.20. The molecule has 1 aromatic rings. The van der Waals surface area contributed by atoms with Crippen LogP contribution in [0.2, 0.25) is 0 Å². The fraction of sp³-hybridized carbons (Fsp3) is 0.615. The highest BCUT2D eigenvalue weighted by molar-refractivity contribution is 5.66. The smallest absolute Gasteiger partial charge is 0.303 e. The van der Waals surface area contributed by atoms with E-state index in [9.17, 15) is 9.59 Å². The zero-order valence-electron chi connectivity index (χ0n) is 11.3. The molecular formula is C13H21N3O3. The Morgan fingerprint density at radius 3 is 2.79 bits per heavy atom. The molecule has 1 atom stereocenters. The maximum absolute atomic E-state index is 11.1. The number of aromatic amines is 1. The van der Waals surface area contributed by atoms with Crippen LogP contribution in [0.5, 0.6) is 0 Å². The summed E-state index contributed by atoms with van der Waals surface area (Å²) in [7, 11) is 0. The number of hydrogen-bond acceptors (Lipinski definition) is 4. The summed E-state index contributed by atoms with van der Waals surface area (Å²) in [5, 5.41) is 11.8. The number of aliphatic carboxylic acids is 1. The van der Waals surface area contributed by atoms with Crippen molar-refractivity contribution in [2.24, 2.45) is 11.8 Å². The Bertz CT molecular complexity index is 456. The van der Waals surface area contributed by atoms with Crippen molar-refractivity contribution in [1.82, 2.24) is 9.97 Å². The summed E-state index contributed by atoms with van der Waals surface area (Å²) >= 11 is 0. The molecule has 0 radical (unpaired) electrons. The molecule has 1 unspecified atom stereocenters. The van der Waals surface area contributed by atoms with Gasteiger partial charge in [0.15, 0.2) is 0 Å². The molecule has 0 aliphatic carbocycles. The summed E-state index contributed by atoms with van der Waals surface area (Å²) in [5.41, 5.74) is -0.191. The molecule has 1 heterocycles. The first kappa shape index (κ1) is 15.2. The lowest BCUT2D eigenvalue weighted by molar-refractivity contribution is -0.137. The Balaban J connectivity index is 2.39. The number of nitrogens with zero attached hydrogens (tertiary/aromatic N) is 1. The molecule has 0 aliphatic heterocycles. The molecule has 3 N–H and O–H groups in total. The number of carboxylic acids is 1. The summed E-state index contributed by atoms with van der Waals surface area (Å²) in [4.78, 5) is 28.1. The van der Waals surface area contributed by atoms with Crippen LogP contribution in [-0.4, -0.2) is 27.6 Å². The first-order valence-electron chi connectivity index (χ1n) is 6.49. The predicted octanol–water partition coefficient (Wildman–Crippen LogP) is 1.71. The monoisotopic (exact) mass is 267 g/mol. The number of nitrogens with one attached hydrogen (secondary N) is 2. The van der Waals surface area contributed by atoms with Gasteiger partial charge in [0, 0.05) is 19.0 Å². The third-order valence-electron chi connectivity index (χ3n) is 3.17. The van der Waals surface area contributed by atoms with Crippen LogP contribution in [-0.2, 0) is 4.79 Å². The van der Waals surface area contributed by atoms with Gasteiger partial charge in [0.1, 0.15) is 5.82 Å². The third-order valence-corrected chi connectivity index (χ3v) is 3.17. The molecule has 0 aromatic carbocycles. The van der Waals surface area contributed by atoms with E-state index in [4.69, 9.17) is 5.11 Å². The van der Waals surface area contributed by atoms with Gasteiger partial charge < -0.3 is 15.4 Å². The quantitative estimate of drug-likeness (QED) is 0.666. The van der Waals surface area contributed by atoms with Crippen LogP contribution in [0.15, 0.2) is 17.2 Å². The highest BCUT2D eigenvalue weighted by atomic mass is 16.4. The lowest BCUT2D eigenvalue weighted by Crippen LogP contribution is -2.17. The summed E-state index contributed by atoms with van der Waals surface area (Å²) < 4.78 is 0. The maximum Gasteiger partial charge on any atom is 0.303 e. The van der Waals surface area contributed by atoms with Gasteiger partial charge in [-0.05, 0) is 24.7 Å². The predicted molar refractivity (Wildman–Crippen MR) is 73.2 cm³/mol. The fourth-order valence-electron chi connectivity index (χ4n) is 1.97. The van der Waals surface area contributed by atoms with E-state index in [2.05, 4.69) is 29.1 Å². The number of rotatable bonds is 8. The zero-order valence-corrected chi connectivity index (χ0v) is 11.3. The highest BCUT2D eigenvalue weighted by Gasteiger charge is 2.14. The number of anilines is 1. The molecule has 19 heavy (non-hydrogen) atoms. The van der Waals surface area contributed by atoms with E-state index in [-0.39, 0.29) is 12.0 Å². The molecule has 106 valence electrons. The molecule has 1 aromatic heterocycles. The van der Waals surface area contributed by atoms with Crippen molar-refractivity contribution in [3.63, 3.8) is 0 Å². The van der Waals surface area contributed by atoms with Crippen molar-refractivity contribution >= 4 is 11.8 Å². The Hall–Kier alpha value is -1.85. The Morgan fingerprint density at radius 1 is 1.47 bits per heavy atom. The van der Waals surface area contributed by atoms with Crippen molar-refractivity contribution in [3.05, 3.63) is 22.7 Å². The second-order valence-corrected chi connectivity index (χ2v) is 4.95. The van der Waals surface area contributed by atoms with E-state index >= 15 is 0 Å². The molecule has 0 aliphatic rings. The minimum Gasteiger partial charge on any atom is -0.481 e. The number of aromatic nitrogens is 2. The molecule has 0 spiro atoms. The van der Waals surface area contributed by atoms with Crippen LogP contribution in [0.4, 0.5) is 5.82 Å². The molecule has 0 saturated carbocycles. The van der Waals surface area contributed by atoms with Crippen molar-refractivity contribution in [3.8, 4) is 0 Å². The summed E-state index contributed by atoms with van der Waals surface area (Å²) in [6.45, 7) is 4.87. The zero-order chi connectivity index (χ0) is 14.3. The Kier molecular flexibility index (Phi) is 6.05. The first-order chi connectivity index (χ1) is 8.99.